The Morgan fingerprint density at radius 3 is 1.38 bits per heavy atom. The predicted octanol–water partition coefficient (Wildman–Crippen LogP) is 9.40. The van der Waals surface area contributed by atoms with E-state index in [1.807, 2.05) is 24.3 Å². The van der Waals surface area contributed by atoms with Crippen molar-refractivity contribution >= 4 is 21.5 Å². The lowest BCUT2D eigenvalue weighted by Gasteiger charge is -2.07. The minimum absolute atomic E-state index is 0.892. The van der Waals surface area contributed by atoms with Gasteiger partial charge in [-0.1, -0.05) is 136 Å². The molecule has 0 spiro atoms. The third-order valence-corrected chi connectivity index (χ3v) is 7.06. The van der Waals surface area contributed by atoms with Crippen molar-refractivity contribution in [3.05, 3.63) is 95.1 Å². The van der Waals surface area contributed by atoms with Crippen LogP contribution in [0.1, 0.15) is 101 Å². The molecule has 0 fully saturated rings. The second-order valence-electron chi connectivity index (χ2n) is 11.0. The number of benzene rings is 4. The van der Waals surface area contributed by atoms with Gasteiger partial charge in [0.25, 0.3) is 0 Å². The Bertz CT molecular complexity index is 1630. The van der Waals surface area contributed by atoms with Gasteiger partial charge in [0.05, 0.1) is 0 Å². The molecule has 0 aliphatic carbocycles. The van der Waals surface area contributed by atoms with Gasteiger partial charge in [-0.05, 0) is 66.1 Å². The SMILES string of the molecule is CCCCCCCCCCC#Cc1ccc(C#Cc2ccc(C#CC(C)(C)O)c3ccccc23)c2ccccc12. The zero-order valence-corrected chi connectivity index (χ0v) is 24.2. The van der Waals surface area contributed by atoms with E-state index in [9.17, 15) is 5.11 Å². The summed E-state index contributed by atoms with van der Waals surface area (Å²) in [5.74, 6) is 19.8. The van der Waals surface area contributed by atoms with Crippen LogP contribution in [0.15, 0.2) is 72.8 Å². The van der Waals surface area contributed by atoms with Crippen LogP contribution in [0.4, 0.5) is 0 Å². The van der Waals surface area contributed by atoms with Crippen molar-refractivity contribution in [2.45, 2.75) is 84.2 Å². The van der Waals surface area contributed by atoms with E-state index in [-0.39, 0.29) is 0 Å². The summed E-state index contributed by atoms with van der Waals surface area (Å²) in [6.45, 7) is 5.66. The van der Waals surface area contributed by atoms with Crippen LogP contribution in [0.3, 0.4) is 0 Å². The molecule has 202 valence electrons. The van der Waals surface area contributed by atoms with Crippen LogP contribution >= 0.6 is 0 Å². The molecule has 4 aromatic rings. The van der Waals surface area contributed by atoms with Gasteiger partial charge in [0, 0.05) is 28.7 Å². The molecule has 0 saturated carbocycles. The molecular formula is C39H40O. The second kappa shape index (κ2) is 14.4. The van der Waals surface area contributed by atoms with E-state index < -0.39 is 5.60 Å². The Hall–Kier alpha value is -3.96. The van der Waals surface area contributed by atoms with Gasteiger partial charge in [0.1, 0.15) is 5.60 Å². The number of fused-ring (bicyclic) bond motifs is 2. The van der Waals surface area contributed by atoms with E-state index in [0.717, 1.165) is 50.2 Å². The molecule has 1 N–H and O–H groups in total. The first-order valence-electron chi connectivity index (χ1n) is 14.8. The van der Waals surface area contributed by atoms with E-state index in [2.05, 4.69) is 91.0 Å². The topological polar surface area (TPSA) is 20.2 Å². The lowest BCUT2D eigenvalue weighted by molar-refractivity contribution is 0.143. The Kier molecular flexibility index (Phi) is 10.5. The molecule has 0 saturated heterocycles. The molecule has 0 amide bonds. The number of aliphatic hydroxyl groups is 1. The zero-order chi connectivity index (χ0) is 28.2. The summed E-state index contributed by atoms with van der Waals surface area (Å²) in [5, 5.41) is 14.4. The van der Waals surface area contributed by atoms with E-state index in [1.54, 1.807) is 13.8 Å². The zero-order valence-electron chi connectivity index (χ0n) is 24.2. The maximum atomic E-state index is 10.0. The fourth-order valence-corrected chi connectivity index (χ4v) is 4.89. The molecule has 0 bridgehead atoms. The predicted molar refractivity (Wildman–Crippen MR) is 171 cm³/mol. The van der Waals surface area contributed by atoms with Crippen molar-refractivity contribution in [3.8, 4) is 35.5 Å². The monoisotopic (exact) mass is 524 g/mol. The molecule has 4 aromatic carbocycles. The van der Waals surface area contributed by atoms with Crippen molar-refractivity contribution in [2.75, 3.05) is 0 Å². The lowest BCUT2D eigenvalue weighted by atomic mass is 9.97. The summed E-state index contributed by atoms with van der Waals surface area (Å²) in [7, 11) is 0. The number of hydrogen-bond donors (Lipinski definition) is 1. The van der Waals surface area contributed by atoms with Gasteiger partial charge >= 0.3 is 0 Å². The molecule has 0 aromatic heterocycles. The highest BCUT2D eigenvalue weighted by Crippen LogP contribution is 2.24. The van der Waals surface area contributed by atoms with E-state index in [4.69, 9.17) is 0 Å². The van der Waals surface area contributed by atoms with Crippen LogP contribution in [0.5, 0.6) is 0 Å². The molecular weight excluding hydrogens is 484 g/mol. The first-order chi connectivity index (χ1) is 19.5. The molecule has 0 radical (unpaired) electrons. The maximum absolute atomic E-state index is 10.0. The molecule has 1 nitrogen and oxygen atoms in total. The molecule has 1 heteroatoms. The van der Waals surface area contributed by atoms with Crippen LogP contribution in [-0.4, -0.2) is 10.7 Å². The summed E-state index contributed by atoms with van der Waals surface area (Å²) in [4.78, 5) is 0. The molecule has 4 rings (SSSR count). The van der Waals surface area contributed by atoms with Gasteiger partial charge in [-0.15, -0.1) is 0 Å². The van der Waals surface area contributed by atoms with Crippen LogP contribution in [0.25, 0.3) is 21.5 Å². The highest BCUT2D eigenvalue weighted by molar-refractivity contribution is 5.95. The van der Waals surface area contributed by atoms with Crippen LogP contribution in [0, 0.1) is 35.5 Å². The van der Waals surface area contributed by atoms with Gasteiger partial charge in [-0.25, -0.2) is 0 Å². The van der Waals surface area contributed by atoms with E-state index in [1.165, 1.54) is 51.4 Å². The standard InChI is InChI=1S/C39H40O/c1-4-5-6-7-8-9-10-11-12-13-18-31-23-24-32(36-20-15-14-19-35(31)36)25-26-33-27-28-34(29-30-39(2,3)40)38-22-17-16-21-37(33)38/h14-17,19-24,27-28,40H,4-12H2,1-3H3. The van der Waals surface area contributed by atoms with Gasteiger partial charge < -0.3 is 5.11 Å². The fraction of sp³-hybridized carbons (Fsp3) is 0.333. The summed E-state index contributed by atoms with van der Waals surface area (Å²) >= 11 is 0. The summed E-state index contributed by atoms with van der Waals surface area (Å²) in [6, 6.07) is 24.8. The molecule has 0 heterocycles. The Balaban J connectivity index is 1.52. The molecule has 0 atom stereocenters. The number of rotatable bonds is 8. The highest BCUT2D eigenvalue weighted by atomic mass is 16.3. The quantitative estimate of drug-likeness (QED) is 0.180. The Morgan fingerprint density at radius 2 is 0.925 bits per heavy atom. The van der Waals surface area contributed by atoms with Crippen molar-refractivity contribution < 1.29 is 5.11 Å². The maximum Gasteiger partial charge on any atom is 0.120 e. The van der Waals surface area contributed by atoms with Gasteiger partial charge in [-0.2, -0.15) is 0 Å². The smallest absolute Gasteiger partial charge is 0.120 e. The third-order valence-electron chi connectivity index (χ3n) is 7.06. The first kappa shape index (κ1) is 29.0. The minimum atomic E-state index is -1.04. The van der Waals surface area contributed by atoms with E-state index in [0.29, 0.717) is 0 Å². The third kappa shape index (κ3) is 8.27. The Labute approximate surface area is 241 Å². The van der Waals surface area contributed by atoms with Gasteiger partial charge in [0.15, 0.2) is 0 Å². The van der Waals surface area contributed by atoms with Gasteiger partial charge in [-0.3, -0.25) is 0 Å². The van der Waals surface area contributed by atoms with Crippen molar-refractivity contribution in [1.82, 2.24) is 0 Å². The van der Waals surface area contributed by atoms with Crippen molar-refractivity contribution in [1.29, 1.82) is 0 Å². The normalized spacial score (nSPS) is 10.8. The summed E-state index contributed by atoms with van der Waals surface area (Å²) in [5.41, 5.74) is 2.89. The lowest BCUT2D eigenvalue weighted by Crippen LogP contribution is -2.14. The first-order valence-corrected chi connectivity index (χ1v) is 14.8. The average molecular weight is 525 g/mol. The number of hydrogen-bond acceptors (Lipinski definition) is 1. The molecule has 40 heavy (non-hydrogen) atoms. The van der Waals surface area contributed by atoms with Crippen LogP contribution in [0.2, 0.25) is 0 Å². The van der Waals surface area contributed by atoms with Crippen LogP contribution in [-0.2, 0) is 0 Å². The Morgan fingerprint density at radius 1 is 0.525 bits per heavy atom. The van der Waals surface area contributed by atoms with Crippen molar-refractivity contribution in [2.24, 2.45) is 0 Å². The molecule has 0 aliphatic heterocycles. The number of unbranched alkanes of at least 4 members (excludes halogenated alkanes) is 8. The van der Waals surface area contributed by atoms with Gasteiger partial charge in [0.2, 0.25) is 0 Å². The largest absolute Gasteiger partial charge is 0.378 e. The minimum Gasteiger partial charge on any atom is -0.378 e. The summed E-state index contributed by atoms with van der Waals surface area (Å²) < 4.78 is 0. The molecule has 0 unspecified atom stereocenters. The van der Waals surface area contributed by atoms with Crippen LogP contribution < -0.4 is 0 Å². The summed E-state index contributed by atoms with van der Waals surface area (Å²) in [6.07, 6.45) is 11.5. The highest BCUT2D eigenvalue weighted by Gasteiger charge is 2.08. The average Bonchev–Trinajstić information content (AvgIpc) is 2.96. The van der Waals surface area contributed by atoms with Crippen molar-refractivity contribution in [3.63, 3.8) is 0 Å². The second-order valence-corrected chi connectivity index (χ2v) is 11.0. The molecule has 0 aliphatic rings. The fourth-order valence-electron chi connectivity index (χ4n) is 4.89. The van der Waals surface area contributed by atoms with E-state index >= 15 is 0 Å².